The summed E-state index contributed by atoms with van der Waals surface area (Å²) >= 11 is 3.46. The number of rotatable bonds is 10. The van der Waals surface area contributed by atoms with Gasteiger partial charge in [0.2, 0.25) is 5.71 Å². The molecule has 8 heteroatoms. The average molecular weight is 583 g/mol. The zero-order valence-electron chi connectivity index (χ0n) is 18.1. The standard InChI is InChI=1S/C26H22IN3O3S/c27-16-17-33-30-23(24(31)32)22-18-34-25(28-22)29-26(19-10-4-1-5-11-19,20-12-6-2-7-13-20)21-14-8-3-9-15-21/h1-15,18H,16-17H2,(H,28,29)(H,31,32). The van der Waals surface area contributed by atoms with Gasteiger partial charge in [0.05, 0.1) is 0 Å². The van der Waals surface area contributed by atoms with Gasteiger partial charge < -0.3 is 15.3 Å². The van der Waals surface area contributed by atoms with Gasteiger partial charge >= 0.3 is 5.97 Å². The Hall–Kier alpha value is -3.24. The maximum Gasteiger partial charge on any atom is 0.360 e. The van der Waals surface area contributed by atoms with Crippen molar-refractivity contribution in [2.24, 2.45) is 5.16 Å². The lowest BCUT2D eigenvalue weighted by molar-refractivity contribution is -0.129. The summed E-state index contributed by atoms with van der Waals surface area (Å²) in [5.41, 5.74) is 2.36. The molecule has 0 unspecified atom stereocenters. The van der Waals surface area contributed by atoms with Crippen LogP contribution in [-0.4, -0.2) is 32.8 Å². The third-order valence-electron chi connectivity index (χ3n) is 5.19. The summed E-state index contributed by atoms with van der Waals surface area (Å²) in [6, 6.07) is 30.4. The molecule has 4 rings (SSSR count). The largest absolute Gasteiger partial charge is 0.476 e. The fourth-order valence-corrected chi connectivity index (χ4v) is 4.67. The molecule has 2 N–H and O–H groups in total. The minimum Gasteiger partial charge on any atom is -0.476 e. The summed E-state index contributed by atoms with van der Waals surface area (Å²) in [6.07, 6.45) is 0. The first-order chi connectivity index (χ1) is 16.6. The summed E-state index contributed by atoms with van der Waals surface area (Å²) in [7, 11) is 0. The molecule has 3 aromatic carbocycles. The predicted molar refractivity (Wildman–Crippen MR) is 144 cm³/mol. The number of carboxylic acids is 1. The van der Waals surface area contributed by atoms with Crippen molar-refractivity contribution in [3.05, 3.63) is 119 Å². The SMILES string of the molecule is O=C(O)C(=NOCCI)c1csc(NC(c2ccccc2)(c2ccccc2)c2ccccc2)n1. The number of aliphatic carboxylic acids is 1. The number of aromatic nitrogens is 1. The Morgan fingerprint density at radius 2 is 1.44 bits per heavy atom. The molecule has 0 bridgehead atoms. The van der Waals surface area contributed by atoms with E-state index >= 15 is 0 Å². The van der Waals surface area contributed by atoms with Crippen LogP contribution in [0.4, 0.5) is 5.13 Å². The first-order valence-corrected chi connectivity index (χ1v) is 13.0. The number of nitrogens with one attached hydrogen (secondary N) is 1. The molecule has 0 spiro atoms. The smallest absolute Gasteiger partial charge is 0.360 e. The maximum absolute atomic E-state index is 11.8. The lowest BCUT2D eigenvalue weighted by Crippen LogP contribution is -2.38. The number of hydrogen-bond acceptors (Lipinski definition) is 6. The van der Waals surface area contributed by atoms with E-state index in [1.54, 1.807) is 5.38 Å². The molecule has 0 saturated heterocycles. The van der Waals surface area contributed by atoms with Crippen LogP contribution in [-0.2, 0) is 15.2 Å². The Balaban J connectivity index is 1.84. The molecule has 0 atom stereocenters. The van der Waals surface area contributed by atoms with E-state index in [9.17, 15) is 9.90 Å². The van der Waals surface area contributed by atoms with Gasteiger partial charge in [-0.05, 0) is 16.7 Å². The van der Waals surface area contributed by atoms with E-state index < -0.39 is 11.5 Å². The molecule has 6 nitrogen and oxygen atoms in total. The number of oxime groups is 1. The molecular weight excluding hydrogens is 561 g/mol. The van der Waals surface area contributed by atoms with E-state index in [2.05, 4.69) is 74.4 Å². The maximum atomic E-state index is 11.8. The number of carbonyl (C=O) groups is 1. The molecule has 0 aliphatic heterocycles. The van der Waals surface area contributed by atoms with Crippen LogP contribution in [0, 0.1) is 0 Å². The average Bonchev–Trinajstić information content (AvgIpc) is 3.34. The topological polar surface area (TPSA) is 83.8 Å². The van der Waals surface area contributed by atoms with E-state index in [1.807, 2.05) is 54.6 Å². The van der Waals surface area contributed by atoms with Gasteiger partial charge in [-0.15, -0.1) is 11.3 Å². The van der Waals surface area contributed by atoms with E-state index in [0.717, 1.165) is 16.7 Å². The zero-order valence-corrected chi connectivity index (χ0v) is 21.1. The lowest BCUT2D eigenvalue weighted by atomic mass is 9.77. The number of benzene rings is 3. The van der Waals surface area contributed by atoms with Crippen molar-refractivity contribution < 1.29 is 14.7 Å². The van der Waals surface area contributed by atoms with E-state index in [4.69, 9.17) is 4.84 Å². The van der Waals surface area contributed by atoms with Crippen molar-refractivity contribution in [2.75, 3.05) is 16.4 Å². The number of halogens is 1. The summed E-state index contributed by atoms with van der Waals surface area (Å²) in [6.45, 7) is 0.325. The zero-order chi connectivity index (χ0) is 23.8. The van der Waals surface area contributed by atoms with Crippen LogP contribution in [0.2, 0.25) is 0 Å². The van der Waals surface area contributed by atoms with E-state index in [1.165, 1.54) is 11.3 Å². The Kier molecular flexibility index (Phi) is 7.91. The second-order valence-corrected chi connectivity index (χ2v) is 9.22. The highest BCUT2D eigenvalue weighted by molar-refractivity contribution is 14.1. The number of nitrogens with zero attached hydrogens (tertiary/aromatic N) is 2. The Morgan fingerprint density at radius 3 is 1.88 bits per heavy atom. The van der Waals surface area contributed by atoms with Gasteiger partial charge in [-0.1, -0.05) is 119 Å². The van der Waals surface area contributed by atoms with Gasteiger partial charge in [-0.3, -0.25) is 0 Å². The van der Waals surface area contributed by atoms with Gasteiger partial charge in [0.1, 0.15) is 17.8 Å². The molecule has 0 fully saturated rings. The van der Waals surface area contributed by atoms with Gasteiger partial charge in [0.25, 0.3) is 0 Å². The molecule has 0 saturated carbocycles. The monoisotopic (exact) mass is 583 g/mol. The first-order valence-electron chi connectivity index (χ1n) is 10.5. The Labute approximate surface area is 215 Å². The molecule has 0 aliphatic rings. The molecular formula is C26H22IN3O3S. The molecule has 0 aliphatic carbocycles. The first kappa shape index (κ1) is 23.9. The van der Waals surface area contributed by atoms with Crippen LogP contribution in [0.5, 0.6) is 0 Å². The van der Waals surface area contributed by atoms with E-state index in [0.29, 0.717) is 16.2 Å². The minimum atomic E-state index is -1.19. The van der Waals surface area contributed by atoms with Crippen LogP contribution in [0.25, 0.3) is 0 Å². The Morgan fingerprint density at radius 1 is 0.941 bits per heavy atom. The van der Waals surface area contributed by atoms with Gasteiger partial charge in [-0.25, -0.2) is 9.78 Å². The highest BCUT2D eigenvalue weighted by Gasteiger charge is 2.37. The fourth-order valence-electron chi connectivity index (χ4n) is 3.72. The molecule has 34 heavy (non-hydrogen) atoms. The summed E-state index contributed by atoms with van der Waals surface area (Å²) in [5, 5.41) is 19.3. The summed E-state index contributed by atoms with van der Waals surface area (Å²) in [4.78, 5) is 21.5. The van der Waals surface area contributed by atoms with Crippen molar-refractivity contribution in [3.8, 4) is 0 Å². The number of alkyl halides is 1. The number of carboxylic acid groups (broad SMARTS) is 1. The van der Waals surface area contributed by atoms with Crippen LogP contribution >= 0.6 is 33.9 Å². The van der Waals surface area contributed by atoms with Crippen molar-refractivity contribution in [1.82, 2.24) is 4.98 Å². The van der Waals surface area contributed by atoms with Crippen LogP contribution in [0.1, 0.15) is 22.4 Å². The fraction of sp³-hybridized carbons (Fsp3) is 0.115. The lowest BCUT2D eigenvalue weighted by Gasteiger charge is -2.36. The highest BCUT2D eigenvalue weighted by atomic mass is 127. The minimum absolute atomic E-state index is 0.223. The number of thiazole rings is 1. The van der Waals surface area contributed by atoms with Crippen molar-refractivity contribution in [2.45, 2.75) is 5.54 Å². The molecule has 0 amide bonds. The van der Waals surface area contributed by atoms with Gasteiger partial charge in [0.15, 0.2) is 5.13 Å². The van der Waals surface area contributed by atoms with Crippen molar-refractivity contribution >= 4 is 50.7 Å². The molecule has 4 aromatic rings. The van der Waals surface area contributed by atoms with Crippen molar-refractivity contribution in [3.63, 3.8) is 0 Å². The quantitative estimate of drug-likeness (QED) is 0.0617. The molecule has 1 aromatic heterocycles. The van der Waals surface area contributed by atoms with Gasteiger partial charge in [-0.2, -0.15) is 0 Å². The Bertz CT molecular complexity index is 1150. The van der Waals surface area contributed by atoms with E-state index in [-0.39, 0.29) is 11.4 Å². The molecule has 0 radical (unpaired) electrons. The van der Waals surface area contributed by atoms with Gasteiger partial charge in [0, 0.05) is 9.81 Å². The van der Waals surface area contributed by atoms with Crippen LogP contribution < -0.4 is 5.32 Å². The van der Waals surface area contributed by atoms with Crippen LogP contribution in [0.15, 0.2) is 102 Å². The molecule has 172 valence electrons. The summed E-state index contributed by atoms with van der Waals surface area (Å²) in [5.74, 6) is -1.19. The number of hydrogen-bond donors (Lipinski definition) is 2. The summed E-state index contributed by atoms with van der Waals surface area (Å²) < 4.78 is 0.700. The normalized spacial score (nSPS) is 11.7. The highest BCUT2D eigenvalue weighted by Crippen LogP contribution is 2.40. The third-order valence-corrected chi connectivity index (χ3v) is 6.39. The third kappa shape index (κ3) is 5.13. The second kappa shape index (κ2) is 11.3. The van der Waals surface area contributed by atoms with Crippen molar-refractivity contribution in [1.29, 1.82) is 0 Å². The predicted octanol–water partition coefficient (Wildman–Crippen LogP) is 5.79. The number of anilines is 1. The van der Waals surface area contributed by atoms with Crippen LogP contribution in [0.3, 0.4) is 0 Å². The second-order valence-electron chi connectivity index (χ2n) is 7.28. The molecule has 1 heterocycles.